The monoisotopic (exact) mass is 364 g/mol. The van der Waals surface area contributed by atoms with Crippen LogP contribution in [0.3, 0.4) is 0 Å². The Bertz CT molecular complexity index is 917. The van der Waals surface area contributed by atoms with Crippen LogP contribution in [0.25, 0.3) is 10.9 Å². The van der Waals surface area contributed by atoms with Crippen molar-refractivity contribution in [3.8, 4) is 0 Å². The summed E-state index contributed by atoms with van der Waals surface area (Å²) in [6.45, 7) is 0. The Balaban J connectivity index is 1.54. The fraction of sp³-hybridized carbons (Fsp3) is 0.150. The first-order chi connectivity index (χ1) is 12.6. The highest BCUT2D eigenvalue weighted by Gasteiger charge is 2.06. The number of aromatic nitrogens is 1. The minimum atomic E-state index is -0.149. The molecular weight excluding hydrogens is 344 g/mol. The van der Waals surface area contributed by atoms with Gasteiger partial charge in [-0.05, 0) is 29.8 Å². The first-order valence-electron chi connectivity index (χ1n) is 8.19. The van der Waals surface area contributed by atoms with E-state index in [2.05, 4.69) is 15.5 Å². The second-order valence-corrected chi connectivity index (χ2v) is 6.92. The Morgan fingerprint density at radius 2 is 1.92 bits per heavy atom. The van der Waals surface area contributed by atoms with Gasteiger partial charge in [0.1, 0.15) is 0 Å². The number of hydrazone groups is 1. The van der Waals surface area contributed by atoms with Crippen molar-refractivity contribution in [3.05, 3.63) is 66.4 Å². The van der Waals surface area contributed by atoms with Gasteiger partial charge in [-0.25, -0.2) is 5.43 Å². The van der Waals surface area contributed by atoms with Crippen molar-refractivity contribution in [2.24, 2.45) is 5.10 Å². The van der Waals surface area contributed by atoms with Crippen molar-refractivity contribution < 1.29 is 4.79 Å². The molecule has 0 radical (unpaired) electrons. The van der Waals surface area contributed by atoms with Crippen molar-refractivity contribution in [3.63, 3.8) is 0 Å². The fourth-order valence-corrected chi connectivity index (χ4v) is 3.24. The summed E-state index contributed by atoms with van der Waals surface area (Å²) >= 11 is 1.46. The Morgan fingerprint density at radius 1 is 1.15 bits per heavy atom. The van der Waals surface area contributed by atoms with Crippen LogP contribution in [0.5, 0.6) is 0 Å². The van der Waals surface area contributed by atoms with Gasteiger partial charge >= 0.3 is 0 Å². The van der Waals surface area contributed by atoms with E-state index in [1.165, 1.54) is 11.8 Å². The lowest BCUT2D eigenvalue weighted by molar-refractivity contribution is -0.118. The Hall–Kier alpha value is -2.86. The second-order valence-electron chi connectivity index (χ2n) is 5.90. The molecule has 5 nitrogen and oxygen atoms in total. The van der Waals surface area contributed by atoms with Crippen molar-refractivity contribution >= 4 is 40.5 Å². The summed E-state index contributed by atoms with van der Waals surface area (Å²) in [6, 6.07) is 17.8. The number of anilines is 1. The molecule has 0 saturated heterocycles. The molecule has 1 amide bonds. The number of para-hydroxylation sites is 1. The lowest BCUT2D eigenvalue weighted by Crippen LogP contribution is -2.19. The number of nitrogens with zero attached hydrogens (tertiary/aromatic N) is 3. The molecule has 1 heterocycles. The lowest BCUT2D eigenvalue weighted by atomic mass is 10.2. The molecule has 0 aliphatic rings. The number of hydrogen-bond donors (Lipinski definition) is 1. The quantitative estimate of drug-likeness (QED) is 0.413. The van der Waals surface area contributed by atoms with Gasteiger partial charge in [0.15, 0.2) is 0 Å². The predicted molar refractivity (Wildman–Crippen MR) is 109 cm³/mol. The molecule has 1 N–H and O–H groups in total. The third-order valence-corrected chi connectivity index (χ3v) is 4.81. The fourth-order valence-electron chi connectivity index (χ4n) is 2.41. The minimum absolute atomic E-state index is 0.149. The molecule has 3 rings (SSSR count). The number of hydrogen-bond acceptors (Lipinski definition) is 5. The highest BCUT2D eigenvalue weighted by Crippen LogP contribution is 2.25. The summed E-state index contributed by atoms with van der Waals surface area (Å²) in [5.41, 5.74) is 5.53. The van der Waals surface area contributed by atoms with E-state index in [0.717, 1.165) is 27.0 Å². The summed E-state index contributed by atoms with van der Waals surface area (Å²) < 4.78 is 0. The summed E-state index contributed by atoms with van der Waals surface area (Å²) in [6.07, 6.45) is 3.40. The third kappa shape index (κ3) is 4.61. The summed E-state index contributed by atoms with van der Waals surface area (Å²) in [4.78, 5) is 19.4. The number of carbonyl (C=O) groups excluding carboxylic acids is 1. The maximum absolute atomic E-state index is 12.0. The molecule has 0 bridgehead atoms. The molecule has 3 aromatic rings. The van der Waals surface area contributed by atoms with E-state index >= 15 is 0 Å². The topological polar surface area (TPSA) is 57.6 Å². The molecule has 132 valence electrons. The molecule has 0 aliphatic heterocycles. The van der Waals surface area contributed by atoms with Crippen molar-refractivity contribution in [1.29, 1.82) is 0 Å². The largest absolute Gasteiger partial charge is 0.378 e. The Labute approximate surface area is 157 Å². The number of carbonyl (C=O) groups is 1. The van der Waals surface area contributed by atoms with Gasteiger partial charge in [-0.2, -0.15) is 5.10 Å². The Morgan fingerprint density at radius 3 is 2.69 bits per heavy atom. The van der Waals surface area contributed by atoms with E-state index < -0.39 is 0 Å². The van der Waals surface area contributed by atoms with Crippen LogP contribution in [0.15, 0.2) is 70.8 Å². The molecule has 6 heteroatoms. The van der Waals surface area contributed by atoms with Crippen LogP contribution in [0.4, 0.5) is 5.69 Å². The van der Waals surface area contributed by atoms with Crippen LogP contribution < -0.4 is 10.3 Å². The molecule has 0 aliphatic carbocycles. The second kappa shape index (κ2) is 8.49. The van der Waals surface area contributed by atoms with Gasteiger partial charge in [0.2, 0.25) is 5.91 Å². The molecule has 0 unspecified atom stereocenters. The zero-order valence-corrected chi connectivity index (χ0v) is 15.5. The van der Waals surface area contributed by atoms with E-state index in [1.54, 1.807) is 12.4 Å². The molecule has 1 aromatic heterocycles. The van der Waals surface area contributed by atoms with Crippen LogP contribution in [-0.2, 0) is 4.79 Å². The summed E-state index contributed by atoms with van der Waals surface area (Å²) in [5.74, 6) is 0.135. The molecule has 0 saturated carbocycles. The van der Waals surface area contributed by atoms with Crippen molar-refractivity contribution in [2.75, 3.05) is 24.7 Å². The summed E-state index contributed by atoms with van der Waals surface area (Å²) in [5, 5.41) is 5.09. The Kier molecular flexibility index (Phi) is 5.86. The number of fused-ring (bicyclic) bond motifs is 1. The maximum Gasteiger partial charge on any atom is 0.250 e. The molecule has 0 spiro atoms. The molecule has 0 fully saturated rings. The molecule has 26 heavy (non-hydrogen) atoms. The van der Waals surface area contributed by atoms with Gasteiger partial charge in [-0.1, -0.05) is 30.3 Å². The molecular formula is C20H20N4OS. The van der Waals surface area contributed by atoms with Gasteiger partial charge in [-0.15, -0.1) is 11.8 Å². The van der Waals surface area contributed by atoms with Crippen molar-refractivity contribution in [1.82, 2.24) is 10.4 Å². The average Bonchev–Trinajstić information content (AvgIpc) is 2.66. The van der Waals surface area contributed by atoms with Gasteiger partial charge in [0.05, 0.1) is 17.5 Å². The number of thioether (sulfide) groups is 1. The van der Waals surface area contributed by atoms with E-state index in [1.807, 2.05) is 73.6 Å². The smallest absolute Gasteiger partial charge is 0.250 e. The number of nitrogens with one attached hydrogen (secondary N) is 1. The van der Waals surface area contributed by atoms with Crippen LogP contribution in [0.2, 0.25) is 0 Å². The van der Waals surface area contributed by atoms with E-state index in [-0.39, 0.29) is 11.7 Å². The summed E-state index contributed by atoms with van der Waals surface area (Å²) in [7, 11) is 3.99. The first kappa shape index (κ1) is 17.9. The van der Waals surface area contributed by atoms with Crippen LogP contribution in [-0.4, -0.2) is 37.0 Å². The number of amides is 1. The SMILES string of the molecule is CN(C)c1ccc(/C=N\NC(=O)CSc2cccc3cccnc23)cc1. The number of rotatable bonds is 6. The number of pyridine rings is 1. The first-order valence-corrected chi connectivity index (χ1v) is 9.18. The lowest BCUT2D eigenvalue weighted by Gasteiger charge is -2.11. The molecule has 2 aromatic carbocycles. The zero-order valence-electron chi connectivity index (χ0n) is 14.7. The van der Waals surface area contributed by atoms with E-state index in [0.29, 0.717) is 0 Å². The number of benzene rings is 2. The average molecular weight is 364 g/mol. The van der Waals surface area contributed by atoms with Gasteiger partial charge in [0, 0.05) is 36.3 Å². The van der Waals surface area contributed by atoms with Gasteiger partial charge in [0.25, 0.3) is 0 Å². The normalized spacial score (nSPS) is 11.0. The zero-order chi connectivity index (χ0) is 18.4. The van der Waals surface area contributed by atoms with Crippen LogP contribution in [0, 0.1) is 0 Å². The van der Waals surface area contributed by atoms with Crippen LogP contribution in [0.1, 0.15) is 5.56 Å². The maximum atomic E-state index is 12.0. The van der Waals surface area contributed by atoms with Gasteiger partial charge in [-0.3, -0.25) is 9.78 Å². The van der Waals surface area contributed by atoms with Crippen molar-refractivity contribution in [2.45, 2.75) is 4.90 Å². The molecule has 0 atom stereocenters. The van der Waals surface area contributed by atoms with E-state index in [4.69, 9.17) is 0 Å². The van der Waals surface area contributed by atoms with Crippen LogP contribution >= 0.6 is 11.8 Å². The standard InChI is InChI=1S/C20H20N4OS/c1-24(2)17-10-8-15(9-11-17)13-22-23-19(25)14-26-18-7-3-5-16-6-4-12-21-20(16)18/h3-13H,14H2,1-2H3,(H,23,25)/b22-13-. The minimum Gasteiger partial charge on any atom is -0.378 e. The highest BCUT2D eigenvalue weighted by molar-refractivity contribution is 8.00. The predicted octanol–water partition coefficient (Wildman–Crippen LogP) is 3.54. The van der Waals surface area contributed by atoms with Gasteiger partial charge < -0.3 is 4.90 Å². The van der Waals surface area contributed by atoms with E-state index in [9.17, 15) is 4.79 Å². The highest BCUT2D eigenvalue weighted by atomic mass is 32.2. The third-order valence-electron chi connectivity index (χ3n) is 3.77.